The quantitative estimate of drug-likeness (QED) is 0.818. The maximum absolute atomic E-state index is 11.7. The van der Waals surface area contributed by atoms with Crippen molar-refractivity contribution >= 4 is 19.3 Å². The molecule has 2 rings (SSSR count). The molecular weight excluding hydrogens is 249 g/mol. The van der Waals surface area contributed by atoms with Gasteiger partial charge in [-0.05, 0) is 37.1 Å². The average Bonchev–Trinajstić information content (AvgIpc) is 2.16. The largest absolute Gasteiger partial charge is 0.456 e. The van der Waals surface area contributed by atoms with Gasteiger partial charge in [0.1, 0.15) is 5.75 Å². The summed E-state index contributed by atoms with van der Waals surface area (Å²) in [5.41, 5.74) is 0. The van der Waals surface area contributed by atoms with E-state index >= 15 is 0 Å². The van der Waals surface area contributed by atoms with Gasteiger partial charge < -0.3 is 9.42 Å². The molecule has 1 saturated carbocycles. The van der Waals surface area contributed by atoms with Crippen molar-refractivity contribution in [1.82, 2.24) is 5.09 Å². The highest BCUT2D eigenvalue weighted by Crippen LogP contribution is 2.41. The summed E-state index contributed by atoms with van der Waals surface area (Å²) < 4.78 is 16.7. The van der Waals surface area contributed by atoms with Crippen LogP contribution in [0.25, 0.3) is 0 Å². The lowest BCUT2D eigenvalue weighted by Gasteiger charge is -2.28. The van der Waals surface area contributed by atoms with Crippen molar-refractivity contribution in [3.63, 3.8) is 0 Å². The Hall–Kier alpha value is -0.540. The maximum Gasteiger partial charge on any atom is 0.456 e. The van der Waals surface area contributed by atoms with Crippen LogP contribution in [0.15, 0.2) is 24.3 Å². The van der Waals surface area contributed by atoms with Crippen LogP contribution >= 0.6 is 19.3 Å². The molecule has 0 radical (unpaired) electrons. The highest BCUT2D eigenvalue weighted by Gasteiger charge is 2.29. The zero-order valence-electron chi connectivity index (χ0n) is 8.60. The summed E-state index contributed by atoms with van der Waals surface area (Å²) in [6, 6.07) is 6.45. The van der Waals surface area contributed by atoms with E-state index in [1.54, 1.807) is 24.3 Å². The predicted octanol–water partition coefficient (Wildman–Crippen LogP) is 2.96. The monoisotopic (exact) mass is 261 g/mol. The zero-order valence-corrected chi connectivity index (χ0v) is 10.2. The van der Waals surface area contributed by atoms with E-state index in [4.69, 9.17) is 16.1 Å². The van der Waals surface area contributed by atoms with Crippen molar-refractivity contribution in [2.24, 2.45) is 0 Å². The first kappa shape index (κ1) is 11.9. The van der Waals surface area contributed by atoms with Crippen molar-refractivity contribution in [1.29, 1.82) is 0 Å². The summed E-state index contributed by atoms with van der Waals surface area (Å²) in [6.45, 7) is 0. The number of hydrogen-bond donors (Lipinski definition) is 2. The van der Waals surface area contributed by atoms with E-state index in [0.29, 0.717) is 10.8 Å². The van der Waals surface area contributed by atoms with Crippen LogP contribution in [0.2, 0.25) is 5.02 Å². The summed E-state index contributed by atoms with van der Waals surface area (Å²) in [6.07, 6.45) is 2.95. The molecule has 0 spiro atoms. The normalized spacial score (nSPS) is 19.9. The average molecular weight is 262 g/mol. The fourth-order valence-corrected chi connectivity index (χ4v) is 2.74. The third-order valence-corrected chi connectivity index (χ3v) is 3.90. The van der Waals surface area contributed by atoms with Crippen molar-refractivity contribution in [3.8, 4) is 5.75 Å². The SMILES string of the molecule is O=P(O)(NC1CCC1)Oc1ccc(Cl)cc1. The molecule has 2 N–H and O–H groups in total. The zero-order chi connectivity index (χ0) is 11.6. The molecule has 1 unspecified atom stereocenters. The lowest BCUT2D eigenvalue weighted by molar-refractivity contribution is 0.315. The number of benzene rings is 1. The molecule has 4 nitrogen and oxygen atoms in total. The predicted molar refractivity (Wildman–Crippen MR) is 62.7 cm³/mol. The number of rotatable bonds is 4. The molecule has 1 fully saturated rings. The topological polar surface area (TPSA) is 58.6 Å². The lowest BCUT2D eigenvalue weighted by Crippen LogP contribution is -2.33. The molecule has 0 bridgehead atoms. The number of nitrogens with one attached hydrogen (secondary N) is 1. The second kappa shape index (κ2) is 4.76. The van der Waals surface area contributed by atoms with Gasteiger partial charge >= 0.3 is 7.75 Å². The summed E-state index contributed by atoms with van der Waals surface area (Å²) in [5.74, 6) is 0.335. The molecule has 0 aromatic heterocycles. The fourth-order valence-electron chi connectivity index (χ4n) is 1.43. The minimum atomic E-state index is -3.74. The van der Waals surface area contributed by atoms with Gasteiger partial charge in [0.2, 0.25) is 0 Å². The van der Waals surface area contributed by atoms with Gasteiger partial charge in [0, 0.05) is 11.1 Å². The molecular formula is C10H13ClNO3P. The van der Waals surface area contributed by atoms with Crippen LogP contribution in [0, 0.1) is 0 Å². The van der Waals surface area contributed by atoms with E-state index in [2.05, 4.69) is 5.09 Å². The Bertz CT molecular complexity index is 405. The van der Waals surface area contributed by atoms with Gasteiger partial charge in [-0.1, -0.05) is 18.0 Å². The summed E-state index contributed by atoms with van der Waals surface area (Å²) in [5, 5.41) is 3.17. The molecule has 1 aliphatic carbocycles. The Morgan fingerprint density at radius 1 is 1.38 bits per heavy atom. The van der Waals surface area contributed by atoms with E-state index in [1.165, 1.54) is 0 Å². The van der Waals surface area contributed by atoms with Gasteiger partial charge in [-0.25, -0.2) is 9.65 Å². The minimum Gasteiger partial charge on any atom is -0.413 e. The van der Waals surface area contributed by atoms with Gasteiger partial charge in [0.15, 0.2) is 0 Å². The third-order valence-electron chi connectivity index (χ3n) is 2.49. The van der Waals surface area contributed by atoms with Crippen LogP contribution in [0.1, 0.15) is 19.3 Å². The van der Waals surface area contributed by atoms with Crippen molar-refractivity contribution in [3.05, 3.63) is 29.3 Å². The highest BCUT2D eigenvalue weighted by atomic mass is 35.5. The molecule has 1 aromatic rings. The van der Waals surface area contributed by atoms with Crippen LogP contribution in [0.4, 0.5) is 0 Å². The molecule has 0 amide bonds. The van der Waals surface area contributed by atoms with Crippen LogP contribution in [-0.4, -0.2) is 10.9 Å². The minimum absolute atomic E-state index is 0.100. The molecule has 1 aliphatic rings. The van der Waals surface area contributed by atoms with Crippen molar-refractivity contribution in [2.75, 3.05) is 0 Å². The molecule has 16 heavy (non-hydrogen) atoms. The van der Waals surface area contributed by atoms with Crippen LogP contribution in [-0.2, 0) is 4.57 Å². The Morgan fingerprint density at radius 3 is 2.50 bits per heavy atom. The molecule has 0 saturated heterocycles. The Morgan fingerprint density at radius 2 is 2.00 bits per heavy atom. The van der Waals surface area contributed by atoms with Crippen LogP contribution in [0.3, 0.4) is 0 Å². The first-order valence-electron chi connectivity index (χ1n) is 5.11. The number of hydrogen-bond acceptors (Lipinski definition) is 2. The van der Waals surface area contributed by atoms with Gasteiger partial charge in [0.05, 0.1) is 0 Å². The van der Waals surface area contributed by atoms with E-state index < -0.39 is 7.75 Å². The lowest BCUT2D eigenvalue weighted by atomic mass is 9.94. The van der Waals surface area contributed by atoms with Gasteiger partial charge in [-0.15, -0.1) is 0 Å². The molecule has 1 atom stereocenters. The maximum atomic E-state index is 11.7. The molecule has 6 heteroatoms. The van der Waals surface area contributed by atoms with Crippen LogP contribution in [0.5, 0.6) is 5.75 Å². The van der Waals surface area contributed by atoms with Gasteiger partial charge in [-0.2, -0.15) is 0 Å². The van der Waals surface area contributed by atoms with E-state index in [-0.39, 0.29) is 6.04 Å². The Balaban J connectivity index is 1.96. The van der Waals surface area contributed by atoms with Crippen molar-refractivity contribution in [2.45, 2.75) is 25.3 Å². The second-order valence-corrected chi connectivity index (χ2v) is 5.74. The van der Waals surface area contributed by atoms with Crippen LogP contribution < -0.4 is 9.61 Å². The Labute approximate surface area is 99.2 Å². The molecule has 1 aromatic carbocycles. The first-order chi connectivity index (χ1) is 7.55. The molecule has 0 aliphatic heterocycles. The summed E-state index contributed by atoms with van der Waals surface area (Å²) in [4.78, 5) is 9.56. The molecule has 0 heterocycles. The van der Waals surface area contributed by atoms with E-state index in [1.807, 2.05) is 0 Å². The van der Waals surface area contributed by atoms with Gasteiger partial charge in [0.25, 0.3) is 0 Å². The second-order valence-electron chi connectivity index (χ2n) is 3.82. The number of halogens is 1. The highest BCUT2D eigenvalue weighted by molar-refractivity contribution is 7.51. The third kappa shape index (κ3) is 3.22. The summed E-state index contributed by atoms with van der Waals surface area (Å²) >= 11 is 5.70. The molecule has 88 valence electrons. The summed E-state index contributed by atoms with van der Waals surface area (Å²) in [7, 11) is -3.74. The van der Waals surface area contributed by atoms with Gasteiger partial charge in [-0.3, -0.25) is 0 Å². The van der Waals surface area contributed by atoms with Crippen molar-refractivity contribution < 1.29 is 14.0 Å². The Kier molecular flexibility index (Phi) is 3.55. The standard InChI is InChI=1S/C10H13ClNO3P/c11-8-4-6-10(7-5-8)15-16(13,14)12-9-2-1-3-9/h4-7,9H,1-3H2,(H2,12,13,14). The van der Waals surface area contributed by atoms with E-state index in [0.717, 1.165) is 19.3 Å². The first-order valence-corrected chi connectivity index (χ1v) is 7.06. The smallest absolute Gasteiger partial charge is 0.413 e. The fraction of sp³-hybridized carbons (Fsp3) is 0.400. The van der Waals surface area contributed by atoms with E-state index in [9.17, 15) is 9.46 Å².